The molecule has 0 bridgehead atoms. The number of hydrazine groups is 1. The summed E-state index contributed by atoms with van der Waals surface area (Å²) < 4.78 is 13.2. The number of carbonyl (C=O) groups excluding carboxylic acids is 1. The van der Waals surface area contributed by atoms with E-state index >= 15 is 0 Å². The number of halogens is 1. The van der Waals surface area contributed by atoms with Gasteiger partial charge in [-0.1, -0.05) is 18.2 Å². The van der Waals surface area contributed by atoms with Gasteiger partial charge in [0.15, 0.2) is 0 Å². The van der Waals surface area contributed by atoms with Crippen molar-refractivity contribution in [3.8, 4) is 0 Å². The number of rotatable bonds is 7. The van der Waals surface area contributed by atoms with Crippen molar-refractivity contribution in [3.05, 3.63) is 70.4 Å². The quantitative estimate of drug-likeness (QED) is 0.618. The van der Waals surface area contributed by atoms with Crippen LogP contribution in [0.1, 0.15) is 35.7 Å². The van der Waals surface area contributed by atoms with Crippen LogP contribution in [0.15, 0.2) is 59.3 Å². The number of carbonyl (C=O) groups is 1. The normalized spacial score (nSPS) is 23.9. The summed E-state index contributed by atoms with van der Waals surface area (Å²) in [4.78, 5) is 15.6. The first-order chi connectivity index (χ1) is 15.2. The molecule has 1 saturated heterocycles. The number of hydrazone groups is 1. The molecule has 2 aromatic rings. The van der Waals surface area contributed by atoms with E-state index < -0.39 is 0 Å². The Morgan fingerprint density at radius 2 is 2.10 bits per heavy atom. The van der Waals surface area contributed by atoms with Gasteiger partial charge in [-0.15, -0.1) is 11.3 Å². The number of fused-ring (bicyclic) bond motifs is 3. The topological polar surface area (TPSA) is 72.0 Å². The smallest absolute Gasteiger partial charge is 0.220 e. The second-order valence-electron chi connectivity index (χ2n) is 7.93. The summed E-state index contributed by atoms with van der Waals surface area (Å²) in [5, 5.41) is 11.6. The molecule has 3 N–H and O–H groups in total. The van der Waals surface area contributed by atoms with Gasteiger partial charge in [-0.3, -0.25) is 10.2 Å². The van der Waals surface area contributed by atoms with Gasteiger partial charge in [0.05, 0.1) is 12.1 Å². The standard InChI is InChI=1S/C22H25FN6OS/c23-16-5-3-15(4-6-16)18-14-19-22-26-25-20(28(22)11-12-29(19)27-18)7-8-21(30)24-10-9-17-2-1-13-31-17/h1-6,11-13,18-19,22,26-27H,7-10,14H2,(H,24,30). The molecule has 3 aliphatic rings. The molecule has 4 heterocycles. The Morgan fingerprint density at radius 1 is 1.23 bits per heavy atom. The van der Waals surface area contributed by atoms with Gasteiger partial charge >= 0.3 is 0 Å². The summed E-state index contributed by atoms with van der Waals surface area (Å²) in [6.07, 6.45) is 6.74. The van der Waals surface area contributed by atoms with E-state index in [2.05, 4.69) is 37.2 Å². The minimum atomic E-state index is -0.225. The van der Waals surface area contributed by atoms with Crippen LogP contribution < -0.4 is 16.2 Å². The van der Waals surface area contributed by atoms with E-state index in [0.29, 0.717) is 19.4 Å². The van der Waals surface area contributed by atoms with E-state index in [4.69, 9.17) is 0 Å². The Morgan fingerprint density at radius 3 is 2.90 bits per heavy atom. The molecule has 31 heavy (non-hydrogen) atoms. The molecule has 1 aromatic heterocycles. The molecule has 1 fully saturated rings. The number of amides is 1. The second kappa shape index (κ2) is 8.68. The van der Waals surface area contributed by atoms with Crippen LogP contribution in [0.4, 0.5) is 4.39 Å². The average molecular weight is 441 g/mol. The van der Waals surface area contributed by atoms with Crippen molar-refractivity contribution in [1.82, 2.24) is 26.1 Å². The lowest BCUT2D eigenvalue weighted by Gasteiger charge is -2.37. The van der Waals surface area contributed by atoms with E-state index in [0.717, 1.165) is 24.2 Å². The van der Waals surface area contributed by atoms with Gasteiger partial charge in [-0.25, -0.2) is 9.82 Å². The SMILES string of the molecule is O=C(CCC1=NNC2C3CC(c4ccc(F)cc4)NN3C=CN12)NCCc1cccs1. The maximum Gasteiger partial charge on any atom is 0.220 e. The molecule has 3 aliphatic heterocycles. The number of nitrogens with zero attached hydrogens (tertiary/aromatic N) is 3. The second-order valence-corrected chi connectivity index (χ2v) is 8.96. The lowest BCUT2D eigenvalue weighted by Crippen LogP contribution is -2.54. The predicted molar refractivity (Wildman–Crippen MR) is 118 cm³/mol. The van der Waals surface area contributed by atoms with Crippen molar-refractivity contribution >= 4 is 23.1 Å². The molecule has 162 valence electrons. The number of thiophene rings is 1. The summed E-state index contributed by atoms with van der Waals surface area (Å²) in [5.41, 5.74) is 7.79. The zero-order valence-corrected chi connectivity index (χ0v) is 17.8. The highest BCUT2D eigenvalue weighted by Gasteiger charge is 2.44. The van der Waals surface area contributed by atoms with Crippen molar-refractivity contribution in [2.24, 2.45) is 5.10 Å². The average Bonchev–Trinajstić information content (AvgIpc) is 3.51. The van der Waals surface area contributed by atoms with Gasteiger partial charge in [0.2, 0.25) is 5.91 Å². The van der Waals surface area contributed by atoms with Gasteiger partial charge in [0, 0.05) is 36.7 Å². The van der Waals surface area contributed by atoms with Crippen LogP contribution in [0.25, 0.3) is 0 Å². The molecule has 0 spiro atoms. The Kier molecular flexibility index (Phi) is 5.61. The van der Waals surface area contributed by atoms with Crippen molar-refractivity contribution in [2.45, 2.75) is 43.9 Å². The summed E-state index contributed by atoms with van der Waals surface area (Å²) in [5.74, 6) is 0.695. The molecule has 1 aromatic carbocycles. The molecule has 3 unspecified atom stereocenters. The molecular formula is C22H25FN6OS. The van der Waals surface area contributed by atoms with Gasteiger partial charge in [-0.05, 0) is 42.0 Å². The Labute approximate surface area is 184 Å². The first kappa shape index (κ1) is 20.0. The molecule has 1 amide bonds. The highest BCUT2D eigenvalue weighted by Crippen LogP contribution is 2.34. The van der Waals surface area contributed by atoms with Gasteiger partial charge in [0.25, 0.3) is 0 Å². The molecule has 7 nitrogen and oxygen atoms in total. The maximum absolute atomic E-state index is 13.2. The molecular weight excluding hydrogens is 415 g/mol. The lowest BCUT2D eigenvalue weighted by atomic mass is 9.99. The number of benzene rings is 1. The summed E-state index contributed by atoms with van der Waals surface area (Å²) in [6, 6.07) is 11.1. The minimum Gasteiger partial charge on any atom is -0.356 e. The molecule has 0 aliphatic carbocycles. The maximum atomic E-state index is 13.2. The molecule has 9 heteroatoms. The zero-order chi connectivity index (χ0) is 21.2. The van der Waals surface area contributed by atoms with E-state index in [-0.39, 0.29) is 30.0 Å². The van der Waals surface area contributed by atoms with Crippen LogP contribution in [0.3, 0.4) is 0 Å². The van der Waals surface area contributed by atoms with Crippen molar-refractivity contribution in [3.63, 3.8) is 0 Å². The van der Waals surface area contributed by atoms with Crippen LogP contribution in [-0.2, 0) is 11.2 Å². The molecule has 0 saturated carbocycles. The number of hydrogen-bond acceptors (Lipinski definition) is 7. The largest absolute Gasteiger partial charge is 0.356 e. The summed E-state index contributed by atoms with van der Waals surface area (Å²) in [7, 11) is 0. The van der Waals surface area contributed by atoms with Crippen molar-refractivity contribution in [2.75, 3.05) is 6.54 Å². The number of nitrogens with one attached hydrogen (secondary N) is 3. The summed E-state index contributed by atoms with van der Waals surface area (Å²) >= 11 is 1.71. The van der Waals surface area contributed by atoms with Crippen LogP contribution in [0.2, 0.25) is 0 Å². The lowest BCUT2D eigenvalue weighted by molar-refractivity contribution is -0.120. The Balaban J connectivity index is 1.12. The third-order valence-electron chi connectivity index (χ3n) is 5.94. The highest BCUT2D eigenvalue weighted by molar-refractivity contribution is 7.09. The van der Waals surface area contributed by atoms with Gasteiger partial charge in [-0.2, -0.15) is 5.10 Å². The van der Waals surface area contributed by atoms with Crippen molar-refractivity contribution < 1.29 is 9.18 Å². The minimum absolute atomic E-state index is 0.0137. The summed E-state index contributed by atoms with van der Waals surface area (Å²) in [6.45, 7) is 0.657. The van der Waals surface area contributed by atoms with Crippen LogP contribution in [0, 0.1) is 5.82 Å². The first-order valence-electron chi connectivity index (χ1n) is 10.6. The fourth-order valence-corrected chi connectivity index (χ4v) is 5.03. The number of amidine groups is 1. The van der Waals surface area contributed by atoms with Gasteiger partial charge in [0.1, 0.15) is 17.8 Å². The van der Waals surface area contributed by atoms with E-state index in [1.807, 2.05) is 36.0 Å². The van der Waals surface area contributed by atoms with Crippen molar-refractivity contribution in [1.29, 1.82) is 0 Å². The third-order valence-corrected chi connectivity index (χ3v) is 6.87. The molecule has 5 rings (SSSR count). The predicted octanol–water partition coefficient (Wildman–Crippen LogP) is 2.68. The fourth-order valence-electron chi connectivity index (χ4n) is 4.32. The first-order valence-corrected chi connectivity index (χ1v) is 11.4. The van der Waals surface area contributed by atoms with Crippen LogP contribution in [0.5, 0.6) is 0 Å². The highest BCUT2D eigenvalue weighted by atomic mass is 32.1. The monoisotopic (exact) mass is 440 g/mol. The van der Waals surface area contributed by atoms with Gasteiger partial charge < -0.3 is 15.2 Å². The fraction of sp³-hybridized carbons (Fsp3) is 0.364. The van der Waals surface area contributed by atoms with Crippen LogP contribution >= 0.6 is 11.3 Å². The third kappa shape index (κ3) is 4.28. The molecule has 3 atom stereocenters. The number of hydrogen-bond donors (Lipinski definition) is 3. The van der Waals surface area contributed by atoms with E-state index in [9.17, 15) is 9.18 Å². The Bertz CT molecular complexity index is 976. The Hall–Kier alpha value is -2.91. The van der Waals surface area contributed by atoms with E-state index in [1.165, 1.54) is 17.0 Å². The van der Waals surface area contributed by atoms with E-state index in [1.54, 1.807) is 11.3 Å². The zero-order valence-electron chi connectivity index (χ0n) is 17.0. The van der Waals surface area contributed by atoms with Crippen LogP contribution in [-0.4, -0.2) is 40.4 Å². The molecule has 0 radical (unpaired) electrons.